The van der Waals surface area contributed by atoms with Crippen molar-refractivity contribution in [1.82, 2.24) is 20.9 Å². The van der Waals surface area contributed by atoms with Crippen LogP contribution in [0.1, 0.15) is 44.2 Å². The number of benzene rings is 1. The van der Waals surface area contributed by atoms with Gasteiger partial charge in [-0.05, 0) is 32.9 Å². The highest BCUT2D eigenvalue weighted by atomic mass is 16.5. The van der Waals surface area contributed by atoms with Crippen LogP contribution in [0, 0.1) is 0 Å². The molecule has 2 fully saturated rings. The van der Waals surface area contributed by atoms with Crippen LogP contribution in [0.25, 0.3) is 0 Å². The lowest BCUT2D eigenvalue weighted by atomic mass is 10.00. The van der Waals surface area contributed by atoms with Crippen molar-refractivity contribution in [3.63, 3.8) is 0 Å². The van der Waals surface area contributed by atoms with Crippen molar-refractivity contribution in [2.75, 3.05) is 20.3 Å². The fraction of sp³-hybridized carbons (Fsp3) is 0.591. The summed E-state index contributed by atoms with van der Waals surface area (Å²) in [6.07, 6.45) is 1.75. The zero-order valence-corrected chi connectivity index (χ0v) is 17.9. The van der Waals surface area contributed by atoms with Crippen molar-refractivity contribution in [1.29, 1.82) is 0 Å². The Morgan fingerprint density at radius 2 is 1.84 bits per heavy atom. The van der Waals surface area contributed by atoms with E-state index >= 15 is 0 Å². The van der Waals surface area contributed by atoms with Crippen molar-refractivity contribution in [2.45, 2.75) is 63.0 Å². The molecule has 1 aromatic carbocycles. The van der Waals surface area contributed by atoms with Crippen LogP contribution in [-0.2, 0) is 19.1 Å². The van der Waals surface area contributed by atoms with Crippen LogP contribution >= 0.6 is 0 Å². The van der Waals surface area contributed by atoms with Crippen molar-refractivity contribution in [2.24, 2.45) is 0 Å². The summed E-state index contributed by atoms with van der Waals surface area (Å²) in [6.45, 7) is 2.61. The summed E-state index contributed by atoms with van der Waals surface area (Å²) in [5, 5.41) is 8.78. The molecule has 9 heteroatoms. The molecule has 0 spiro atoms. The van der Waals surface area contributed by atoms with E-state index in [9.17, 15) is 14.4 Å². The van der Waals surface area contributed by atoms with E-state index in [4.69, 9.17) is 9.47 Å². The standard InChI is InChI=1S/C22H30N4O5/c1-13(23-2)20(27)25-16-10-12-31-19-8-7-17(26(19)22(16)29)21(28)24-15-9-11-30-18-6-4-3-5-14(15)18/h3-6,13,15-17,19,23H,7-12H2,1-2H3,(H,24,28)(H,25,27)/t13-,15-,16-,17+,19-/m0/s1. The van der Waals surface area contributed by atoms with Crippen LogP contribution in [-0.4, -0.2) is 67.2 Å². The Kier molecular flexibility index (Phi) is 6.43. The normalized spacial score (nSPS) is 28.6. The van der Waals surface area contributed by atoms with Crippen LogP contribution < -0.4 is 20.7 Å². The summed E-state index contributed by atoms with van der Waals surface area (Å²) in [6, 6.07) is 5.77. The highest BCUT2D eigenvalue weighted by Gasteiger charge is 2.46. The first-order valence-electron chi connectivity index (χ1n) is 10.9. The van der Waals surface area contributed by atoms with Crippen molar-refractivity contribution in [3.8, 4) is 5.75 Å². The van der Waals surface area contributed by atoms with Gasteiger partial charge in [0.25, 0.3) is 0 Å². The Balaban J connectivity index is 1.47. The number of fused-ring (bicyclic) bond motifs is 2. The topological polar surface area (TPSA) is 109 Å². The highest BCUT2D eigenvalue weighted by Crippen LogP contribution is 2.33. The summed E-state index contributed by atoms with van der Waals surface area (Å²) in [4.78, 5) is 40.4. The number of carbonyl (C=O) groups is 3. The number of hydrogen-bond donors (Lipinski definition) is 3. The number of likely N-dealkylation sites (N-methyl/N-ethyl adjacent to an activating group) is 1. The van der Waals surface area contributed by atoms with E-state index < -0.39 is 24.4 Å². The zero-order valence-electron chi connectivity index (χ0n) is 17.9. The number of rotatable bonds is 5. The Hall–Kier alpha value is -2.65. The van der Waals surface area contributed by atoms with Gasteiger partial charge in [-0.25, -0.2) is 0 Å². The van der Waals surface area contributed by atoms with Crippen LogP contribution in [0.3, 0.4) is 0 Å². The van der Waals surface area contributed by atoms with E-state index in [2.05, 4.69) is 16.0 Å². The quantitative estimate of drug-likeness (QED) is 0.626. The molecule has 0 bridgehead atoms. The average molecular weight is 431 g/mol. The SMILES string of the molecule is CN[C@@H](C)C(=O)N[C@H]1CCO[C@H]2CC[C@H](C(=O)N[C@H]3CCOc4ccccc43)N2C1=O. The molecule has 3 N–H and O–H groups in total. The van der Waals surface area contributed by atoms with E-state index in [0.29, 0.717) is 38.9 Å². The van der Waals surface area contributed by atoms with E-state index in [1.807, 2.05) is 24.3 Å². The Labute approximate surface area is 181 Å². The maximum atomic E-state index is 13.3. The third kappa shape index (κ3) is 4.38. The lowest BCUT2D eigenvalue weighted by molar-refractivity contribution is -0.149. The van der Waals surface area contributed by atoms with Gasteiger partial charge >= 0.3 is 0 Å². The summed E-state index contributed by atoms with van der Waals surface area (Å²) >= 11 is 0. The molecule has 5 atom stereocenters. The number of carbonyl (C=O) groups excluding carboxylic acids is 3. The minimum Gasteiger partial charge on any atom is -0.493 e. The predicted octanol–water partition coefficient (Wildman–Crippen LogP) is 0.457. The lowest BCUT2D eigenvalue weighted by Crippen LogP contribution is -2.56. The summed E-state index contributed by atoms with van der Waals surface area (Å²) in [7, 11) is 1.69. The fourth-order valence-corrected chi connectivity index (χ4v) is 4.44. The minimum atomic E-state index is -0.703. The summed E-state index contributed by atoms with van der Waals surface area (Å²) in [5.41, 5.74) is 0.946. The third-order valence-electron chi connectivity index (χ3n) is 6.32. The molecule has 31 heavy (non-hydrogen) atoms. The third-order valence-corrected chi connectivity index (χ3v) is 6.32. The van der Waals surface area contributed by atoms with Gasteiger partial charge in [0.2, 0.25) is 17.7 Å². The van der Waals surface area contributed by atoms with Crippen LogP contribution in [0.2, 0.25) is 0 Å². The number of hydrogen-bond acceptors (Lipinski definition) is 6. The lowest BCUT2D eigenvalue weighted by Gasteiger charge is -2.32. The van der Waals surface area contributed by atoms with Gasteiger partial charge in [-0.15, -0.1) is 0 Å². The van der Waals surface area contributed by atoms with E-state index in [-0.39, 0.29) is 23.8 Å². The molecule has 1 aromatic rings. The molecule has 168 valence electrons. The molecule has 9 nitrogen and oxygen atoms in total. The van der Waals surface area contributed by atoms with Crippen LogP contribution in [0.4, 0.5) is 0 Å². The number of nitrogens with one attached hydrogen (secondary N) is 3. The van der Waals surface area contributed by atoms with Gasteiger partial charge in [0, 0.05) is 18.4 Å². The first kappa shape index (κ1) is 21.6. The van der Waals surface area contributed by atoms with Gasteiger partial charge in [-0.1, -0.05) is 18.2 Å². The van der Waals surface area contributed by atoms with Gasteiger partial charge < -0.3 is 30.3 Å². The Morgan fingerprint density at radius 1 is 1.06 bits per heavy atom. The van der Waals surface area contributed by atoms with E-state index in [1.54, 1.807) is 14.0 Å². The number of para-hydroxylation sites is 1. The smallest absolute Gasteiger partial charge is 0.247 e. The second kappa shape index (κ2) is 9.23. The van der Waals surface area contributed by atoms with Crippen molar-refractivity contribution < 1.29 is 23.9 Å². The molecular formula is C22H30N4O5. The molecule has 0 aromatic heterocycles. The second-order valence-corrected chi connectivity index (χ2v) is 8.26. The maximum Gasteiger partial charge on any atom is 0.247 e. The molecule has 2 saturated heterocycles. The predicted molar refractivity (Wildman–Crippen MR) is 112 cm³/mol. The zero-order chi connectivity index (χ0) is 22.0. The summed E-state index contributed by atoms with van der Waals surface area (Å²) in [5.74, 6) is 0.0678. The second-order valence-electron chi connectivity index (χ2n) is 8.26. The molecule has 3 heterocycles. The maximum absolute atomic E-state index is 13.3. The molecule has 3 aliphatic heterocycles. The molecule has 3 aliphatic rings. The largest absolute Gasteiger partial charge is 0.493 e. The molecule has 0 aliphatic carbocycles. The van der Waals surface area contributed by atoms with Gasteiger partial charge in [0.15, 0.2) is 0 Å². The fourth-order valence-electron chi connectivity index (χ4n) is 4.44. The number of amides is 3. The van der Waals surface area contributed by atoms with Gasteiger partial charge in [-0.3, -0.25) is 14.4 Å². The first-order valence-corrected chi connectivity index (χ1v) is 10.9. The molecule has 0 saturated carbocycles. The monoisotopic (exact) mass is 430 g/mol. The average Bonchev–Trinajstić information content (AvgIpc) is 3.15. The molecule has 4 rings (SSSR count). The van der Waals surface area contributed by atoms with Gasteiger partial charge in [0.05, 0.1) is 25.3 Å². The highest BCUT2D eigenvalue weighted by molar-refractivity contribution is 5.93. The Bertz CT molecular complexity index is 847. The van der Waals surface area contributed by atoms with Crippen molar-refractivity contribution >= 4 is 17.7 Å². The van der Waals surface area contributed by atoms with E-state index in [0.717, 1.165) is 11.3 Å². The Morgan fingerprint density at radius 3 is 2.65 bits per heavy atom. The first-order chi connectivity index (χ1) is 15.0. The minimum absolute atomic E-state index is 0.161. The van der Waals surface area contributed by atoms with Crippen LogP contribution in [0.15, 0.2) is 24.3 Å². The van der Waals surface area contributed by atoms with Crippen molar-refractivity contribution in [3.05, 3.63) is 29.8 Å². The number of nitrogens with zero attached hydrogens (tertiary/aromatic N) is 1. The molecule has 3 amide bonds. The van der Waals surface area contributed by atoms with Gasteiger partial charge in [0.1, 0.15) is 24.1 Å². The number of ether oxygens (including phenoxy) is 2. The molecular weight excluding hydrogens is 400 g/mol. The molecule has 0 unspecified atom stereocenters. The van der Waals surface area contributed by atoms with Gasteiger partial charge in [-0.2, -0.15) is 0 Å². The molecule has 0 radical (unpaired) electrons. The van der Waals surface area contributed by atoms with Crippen LogP contribution in [0.5, 0.6) is 5.75 Å². The van der Waals surface area contributed by atoms with E-state index in [1.165, 1.54) is 4.90 Å². The summed E-state index contributed by atoms with van der Waals surface area (Å²) < 4.78 is 11.5.